The van der Waals surface area contributed by atoms with Gasteiger partial charge in [-0.15, -0.1) is 0 Å². The highest BCUT2D eigenvalue weighted by molar-refractivity contribution is 5.89. The van der Waals surface area contributed by atoms with E-state index in [2.05, 4.69) is 15.5 Å². The summed E-state index contributed by atoms with van der Waals surface area (Å²) in [5.41, 5.74) is 2.02. The molecule has 2 aromatic rings. The number of anilines is 1. The van der Waals surface area contributed by atoms with Crippen molar-refractivity contribution in [3.63, 3.8) is 0 Å². The lowest BCUT2D eigenvalue weighted by Gasteiger charge is -2.38. The third kappa shape index (κ3) is 3.71. The lowest BCUT2D eigenvalue weighted by Crippen LogP contribution is -2.50. The van der Waals surface area contributed by atoms with Crippen LogP contribution in [0.5, 0.6) is 0 Å². The van der Waals surface area contributed by atoms with E-state index in [1.165, 1.54) is 18.4 Å². The fourth-order valence-electron chi connectivity index (χ4n) is 4.22. The maximum absolute atomic E-state index is 12.3. The van der Waals surface area contributed by atoms with E-state index in [-0.39, 0.29) is 12.1 Å². The number of hydrogen-bond acceptors (Lipinski definition) is 3. The molecule has 5 heteroatoms. The van der Waals surface area contributed by atoms with Crippen molar-refractivity contribution < 1.29 is 9.21 Å². The topological polar surface area (TPSA) is 57.5 Å². The van der Waals surface area contributed by atoms with Gasteiger partial charge in [0.2, 0.25) is 0 Å². The monoisotopic (exact) mass is 339 g/mol. The fourth-order valence-corrected chi connectivity index (χ4v) is 4.22. The molecule has 3 atom stereocenters. The summed E-state index contributed by atoms with van der Waals surface area (Å²) in [4.78, 5) is 14.8. The highest BCUT2D eigenvalue weighted by atomic mass is 16.3. The van der Waals surface area contributed by atoms with Crippen LogP contribution in [0, 0.1) is 6.92 Å². The molecule has 2 saturated heterocycles. The molecular formula is C20H25N3O2. The van der Waals surface area contributed by atoms with E-state index in [0.717, 1.165) is 30.8 Å². The Morgan fingerprint density at radius 1 is 1.16 bits per heavy atom. The zero-order valence-corrected chi connectivity index (χ0v) is 14.6. The fraction of sp³-hybridized carbons (Fsp3) is 0.450. The lowest BCUT2D eigenvalue weighted by molar-refractivity contribution is 0.104. The number of aryl methyl sites for hydroxylation is 1. The van der Waals surface area contributed by atoms with Gasteiger partial charge in [-0.3, -0.25) is 4.90 Å². The highest BCUT2D eigenvalue weighted by Gasteiger charge is 2.41. The predicted octanol–water partition coefficient (Wildman–Crippen LogP) is 3.91. The van der Waals surface area contributed by atoms with Crippen LogP contribution < -0.4 is 10.6 Å². The van der Waals surface area contributed by atoms with Crippen molar-refractivity contribution in [2.45, 2.75) is 57.3 Å². The molecule has 2 fully saturated rings. The molecule has 2 N–H and O–H groups in total. The normalized spacial score (nSPS) is 25.7. The van der Waals surface area contributed by atoms with E-state index < -0.39 is 0 Å². The van der Waals surface area contributed by atoms with Gasteiger partial charge in [0.05, 0.1) is 12.8 Å². The van der Waals surface area contributed by atoms with E-state index in [1.54, 1.807) is 6.26 Å². The Morgan fingerprint density at radius 3 is 2.52 bits per heavy atom. The van der Waals surface area contributed by atoms with Crippen molar-refractivity contribution in [3.05, 3.63) is 54.0 Å². The summed E-state index contributed by atoms with van der Waals surface area (Å²) < 4.78 is 5.51. The van der Waals surface area contributed by atoms with E-state index in [1.807, 2.05) is 43.3 Å². The first-order valence-electron chi connectivity index (χ1n) is 9.10. The van der Waals surface area contributed by atoms with Gasteiger partial charge in [-0.05, 0) is 56.9 Å². The van der Waals surface area contributed by atoms with Gasteiger partial charge in [-0.1, -0.05) is 17.7 Å². The Balaban J connectivity index is 1.31. The summed E-state index contributed by atoms with van der Waals surface area (Å²) in [7, 11) is 0. The Labute approximate surface area is 148 Å². The highest BCUT2D eigenvalue weighted by Crippen LogP contribution is 2.36. The number of urea groups is 1. The molecule has 0 spiro atoms. The summed E-state index contributed by atoms with van der Waals surface area (Å²) >= 11 is 0. The Bertz CT molecular complexity index is 697. The van der Waals surface area contributed by atoms with Gasteiger partial charge in [0.1, 0.15) is 5.76 Å². The zero-order chi connectivity index (χ0) is 17.2. The average Bonchev–Trinajstić information content (AvgIpc) is 3.17. The lowest BCUT2D eigenvalue weighted by atomic mass is 9.97. The third-order valence-corrected chi connectivity index (χ3v) is 5.45. The van der Waals surface area contributed by atoms with Gasteiger partial charge in [-0.25, -0.2) is 4.79 Å². The molecule has 1 aromatic heterocycles. The van der Waals surface area contributed by atoms with Crippen LogP contribution in [0.2, 0.25) is 0 Å². The van der Waals surface area contributed by atoms with Gasteiger partial charge < -0.3 is 15.1 Å². The number of furan rings is 1. The average molecular weight is 339 g/mol. The van der Waals surface area contributed by atoms with Crippen LogP contribution >= 0.6 is 0 Å². The van der Waals surface area contributed by atoms with E-state index in [0.29, 0.717) is 12.1 Å². The second-order valence-electron chi connectivity index (χ2n) is 7.27. The maximum Gasteiger partial charge on any atom is 0.319 e. The minimum atomic E-state index is -0.104. The summed E-state index contributed by atoms with van der Waals surface area (Å²) in [6, 6.07) is 13.1. The number of hydrogen-bond donors (Lipinski definition) is 2. The molecule has 2 aliphatic heterocycles. The number of rotatable bonds is 4. The number of fused-ring (bicyclic) bond motifs is 2. The molecule has 25 heavy (non-hydrogen) atoms. The maximum atomic E-state index is 12.3. The minimum absolute atomic E-state index is 0.104. The predicted molar refractivity (Wildman–Crippen MR) is 97.4 cm³/mol. The standard InChI is InChI=1S/C20H25N3O2/c1-14-4-6-15(7-5-14)21-20(24)22-16-11-17-8-9-18(12-16)23(17)13-19-3-2-10-25-19/h2-7,10,16-18H,8-9,11-13H2,1H3,(H2,21,22,24)/t16?,17-,18+. The summed E-state index contributed by atoms with van der Waals surface area (Å²) in [5.74, 6) is 1.03. The molecule has 3 heterocycles. The van der Waals surface area contributed by atoms with Crippen LogP contribution in [0.3, 0.4) is 0 Å². The summed E-state index contributed by atoms with van der Waals surface area (Å²) in [6.45, 7) is 2.92. The largest absolute Gasteiger partial charge is 0.468 e. The number of carbonyl (C=O) groups is 1. The first-order chi connectivity index (χ1) is 12.2. The van der Waals surface area contributed by atoms with Crippen LogP contribution in [0.25, 0.3) is 0 Å². The van der Waals surface area contributed by atoms with Crippen molar-refractivity contribution >= 4 is 11.7 Å². The number of nitrogens with zero attached hydrogens (tertiary/aromatic N) is 1. The second kappa shape index (κ2) is 6.92. The number of nitrogens with one attached hydrogen (secondary N) is 2. The first-order valence-corrected chi connectivity index (χ1v) is 9.10. The Hall–Kier alpha value is -2.27. The molecule has 1 unspecified atom stereocenters. The van der Waals surface area contributed by atoms with Crippen molar-refractivity contribution in [2.75, 3.05) is 5.32 Å². The van der Waals surface area contributed by atoms with E-state index in [4.69, 9.17) is 4.42 Å². The minimum Gasteiger partial charge on any atom is -0.468 e. The molecule has 0 radical (unpaired) electrons. The number of amides is 2. The second-order valence-corrected chi connectivity index (χ2v) is 7.27. The molecule has 4 rings (SSSR count). The quantitative estimate of drug-likeness (QED) is 0.888. The first kappa shape index (κ1) is 16.2. The zero-order valence-electron chi connectivity index (χ0n) is 14.6. The number of carbonyl (C=O) groups excluding carboxylic acids is 1. The smallest absolute Gasteiger partial charge is 0.319 e. The van der Waals surface area contributed by atoms with Crippen LogP contribution in [0.4, 0.5) is 10.5 Å². The molecular weight excluding hydrogens is 314 g/mol. The molecule has 2 bridgehead atoms. The van der Waals surface area contributed by atoms with E-state index >= 15 is 0 Å². The SMILES string of the molecule is Cc1ccc(NC(=O)NC2C[C@H]3CC[C@@H](C2)N3Cc2ccco2)cc1. The van der Waals surface area contributed by atoms with Gasteiger partial charge in [0, 0.05) is 23.8 Å². The molecule has 132 valence electrons. The van der Waals surface area contributed by atoms with Gasteiger partial charge in [0.15, 0.2) is 0 Å². The molecule has 1 aromatic carbocycles. The van der Waals surface area contributed by atoms with Crippen LogP contribution in [-0.4, -0.2) is 29.1 Å². The van der Waals surface area contributed by atoms with Gasteiger partial charge >= 0.3 is 6.03 Å². The third-order valence-electron chi connectivity index (χ3n) is 5.45. The summed E-state index contributed by atoms with van der Waals surface area (Å²) in [6.07, 6.45) is 6.18. The number of piperidine rings is 1. The van der Waals surface area contributed by atoms with Crippen molar-refractivity contribution in [1.82, 2.24) is 10.2 Å². The van der Waals surface area contributed by atoms with Crippen molar-refractivity contribution in [3.8, 4) is 0 Å². The molecule has 0 saturated carbocycles. The number of benzene rings is 1. The van der Waals surface area contributed by atoms with Crippen LogP contribution in [0.1, 0.15) is 37.0 Å². The molecule has 2 aliphatic rings. The Kier molecular flexibility index (Phi) is 4.49. The van der Waals surface area contributed by atoms with Gasteiger partial charge in [-0.2, -0.15) is 0 Å². The van der Waals surface area contributed by atoms with E-state index in [9.17, 15) is 4.79 Å². The van der Waals surface area contributed by atoms with Crippen LogP contribution in [0.15, 0.2) is 47.1 Å². The van der Waals surface area contributed by atoms with Crippen molar-refractivity contribution in [2.24, 2.45) is 0 Å². The van der Waals surface area contributed by atoms with Crippen molar-refractivity contribution in [1.29, 1.82) is 0 Å². The summed E-state index contributed by atoms with van der Waals surface area (Å²) in [5, 5.41) is 6.10. The van der Waals surface area contributed by atoms with Gasteiger partial charge in [0.25, 0.3) is 0 Å². The molecule has 5 nitrogen and oxygen atoms in total. The molecule has 0 aliphatic carbocycles. The Morgan fingerprint density at radius 2 is 1.88 bits per heavy atom. The van der Waals surface area contributed by atoms with Crippen LogP contribution in [-0.2, 0) is 6.54 Å². The molecule has 2 amide bonds.